The number of hydrogen-bond donors (Lipinski definition) is 2. The maximum absolute atomic E-state index is 12.4. The van der Waals surface area contributed by atoms with Crippen LogP contribution in [0.15, 0.2) is 48.5 Å². The number of para-hydroxylation sites is 1. The summed E-state index contributed by atoms with van der Waals surface area (Å²) in [5, 5.41) is 6.16. The fourth-order valence-electron chi connectivity index (χ4n) is 2.02. The molecule has 0 fully saturated rings. The first-order valence-electron chi connectivity index (χ1n) is 6.91. The summed E-state index contributed by atoms with van der Waals surface area (Å²) in [4.78, 5) is 12.4. The van der Waals surface area contributed by atoms with Gasteiger partial charge in [-0.15, -0.1) is 0 Å². The Balaban J connectivity index is 2.20. The highest BCUT2D eigenvalue weighted by atomic mass is 16.5. The van der Waals surface area contributed by atoms with Crippen molar-refractivity contribution in [2.75, 3.05) is 17.7 Å². The Labute approximate surface area is 125 Å². The minimum atomic E-state index is -0.146. The Morgan fingerprint density at radius 3 is 2.57 bits per heavy atom. The van der Waals surface area contributed by atoms with Crippen LogP contribution >= 0.6 is 0 Å². The summed E-state index contributed by atoms with van der Waals surface area (Å²) in [6.07, 6.45) is 0. The van der Waals surface area contributed by atoms with Crippen LogP contribution in [0.1, 0.15) is 24.2 Å². The molecule has 0 saturated carbocycles. The van der Waals surface area contributed by atoms with Gasteiger partial charge in [0.15, 0.2) is 0 Å². The summed E-state index contributed by atoms with van der Waals surface area (Å²) >= 11 is 0. The summed E-state index contributed by atoms with van der Waals surface area (Å²) in [5.74, 6) is 0.563. The van der Waals surface area contributed by atoms with Crippen molar-refractivity contribution in [2.24, 2.45) is 0 Å². The fourth-order valence-corrected chi connectivity index (χ4v) is 2.02. The molecule has 2 rings (SSSR count). The van der Waals surface area contributed by atoms with Crippen molar-refractivity contribution in [1.29, 1.82) is 0 Å². The number of anilines is 2. The molecule has 4 heteroatoms. The smallest absolute Gasteiger partial charge is 0.257 e. The van der Waals surface area contributed by atoms with Crippen LogP contribution in [0.25, 0.3) is 0 Å². The van der Waals surface area contributed by atoms with Crippen LogP contribution < -0.4 is 15.4 Å². The second-order valence-corrected chi connectivity index (χ2v) is 5.03. The lowest BCUT2D eigenvalue weighted by atomic mass is 10.1. The van der Waals surface area contributed by atoms with Crippen LogP contribution in [0.4, 0.5) is 11.4 Å². The highest BCUT2D eigenvalue weighted by molar-refractivity contribution is 6.08. The van der Waals surface area contributed by atoms with E-state index in [0.29, 0.717) is 17.0 Å². The topological polar surface area (TPSA) is 50.4 Å². The molecule has 0 unspecified atom stereocenters. The molecule has 2 aromatic rings. The molecule has 0 aliphatic carbocycles. The Morgan fingerprint density at radius 1 is 1.10 bits per heavy atom. The number of benzene rings is 2. The molecule has 0 spiro atoms. The third-order valence-electron chi connectivity index (χ3n) is 2.94. The SMILES string of the molecule is COc1cccc(NC(=O)c2ccccc2NC(C)C)c1. The number of ether oxygens (including phenoxy) is 1. The van der Waals surface area contributed by atoms with E-state index in [1.807, 2.05) is 50.2 Å². The van der Waals surface area contributed by atoms with Gasteiger partial charge in [-0.05, 0) is 38.1 Å². The molecule has 2 N–H and O–H groups in total. The molecule has 4 nitrogen and oxygen atoms in total. The van der Waals surface area contributed by atoms with E-state index in [4.69, 9.17) is 4.74 Å². The molecule has 0 aromatic heterocycles. The van der Waals surface area contributed by atoms with E-state index < -0.39 is 0 Å². The van der Waals surface area contributed by atoms with E-state index in [1.54, 1.807) is 19.2 Å². The molecule has 0 aliphatic rings. The van der Waals surface area contributed by atoms with Crippen LogP contribution in [-0.2, 0) is 0 Å². The first-order valence-corrected chi connectivity index (χ1v) is 6.91. The molecule has 0 bridgehead atoms. The minimum Gasteiger partial charge on any atom is -0.497 e. The number of carbonyl (C=O) groups is 1. The van der Waals surface area contributed by atoms with Gasteiger partial charge >= 0.3 is 0 Å². The standard InChI is InChI=1S/C17H20N2O2/c1-12(2)18-16-10-5-4-9-15(16)17(20)19-13-7-6-8-14(11-13)21-3/h4-12,18H,1-3H3,(H,19,20). The second kappa shape index (κ2) is 6.79. The van der Waals surface area contributed by atoms with Crippen molar-refractivity contribution in [3.8, 4) is 5.75 Å². The first-order chi connectivity index (χ1) is 10.1. The molecular formula is C17H20N2O2. The lowest BCUT2D eigenvalue weighted by Gasteiger charge is -2.14. The van der Waals surface area contributed by atoms with Gasteiger partial charge in [0.25, 0.3) is 5.91 Å². The van der Waals surface area contributed by atoms with E-state index in [-0.39, 0.29) is 11.9 Å². The van der Waals surface area contributed by atoms with Crippen LogP contribution in [0, 0.1) is 0 Å². The molecule has 0 radical (unpaired) electrons. The summed E-state index contributed by atoms with van der Waals surface area (Å²) in [6.45, 7) is 4.08. The number of methoxy groups -OCH3 is 1. The highest BCUT2D eigenvalue weighted by Crippen LogP contribution is 2.20. The molecule has 0 aliphatic heterocycles. The van der Waals surface area contributed by atoms with Gasteiger partial charge in [0.05, 0.1) is 12.7 Å². The van der Waals surface area contributed by atoms with E-state index in [0.717, 1.165) is 5.69 Å². The minimum absolute atomic E-state index is 0.146. The van der Waals surface area contributed by atoms with Crippen LogP contribution in [0.2, 0.25) is 0 Å². The zero-order valence-corrected chi connectivity index (χ0v) is 12.5. The van der Waals surface area contributed by atoms with E-state index in [2.05, 4.69) is 10.6 Å². The van der Waals surface area contributed by atoms with Crippen molar-refractivity contribution < 1.29 is 9.53 Å². The van der Waals surface area contributed by atoms with Gasteiger partial charge in [0, 0.05) is 23.5 Å². The van der Waals surface area contributed by atoms with Crippen molar-refractivity contribution in [3.05, 3.63) is 54.1 Å². The zero-order chi connectivity index (χ0) is 15.2. The maximum Gasteiger partial charge on any atom is 0.257 e. The number of amides is 1. The third-order valence-corrected chi connectivity index (χ3v) is 2.94. The molecule has 0 heterocycles. The largest absolute Gasteiger partial charge is 0.497 e. The number of rotatable bonds is 5. The van der Waals surface area contributed by atoms with Crippen LogP contribution in [-0.4, -0.2) is 19.1 Å². The van der Waals surface area contributed by atoms with Crippen molar-refractivity contribution in [1.82, 2.24) is 0 Å². The molecule has 0 atom stereocenters. The van der Waals surface area contributed by atoms with E-state index >= 15 is 0 Å². The van der Waals surface area contributed by atoms with Crippen LogP contribution in [0.3, 0.4) is 0 Å². The monoisotopic (exact) mass is 284 g/mol. The first kappa shape index (κ1) is 14.9. The molecule has 2 aromatic carbocycles. The number of hydrogen-bond acceptors (Lipinski definition) is 3. The van der Waals surface area contributed by atoms with Crippen molar-refractivity contribution >= 4 is 17.3 Å². The Morgan fingerprint density at radius 2 is 1.86 bits per heavy atom. The summed E-state index contributed by atoms with van der Waals surface area (Å²) in [5.41, 5.74) is 2.15. The van der Waals surface area contributed by atoms with Gasteiger partial charge in [0.1, 0.15) is 5.75 Å². The average molecular weight is 284 g/mol. The van der Waals surface area contributed by atoms with Gasteiger partial charge in [-0.2, -0.15) is 0 Å². The quantitative estimate of drug-likeness (QED) is 0.878. The normalized spacial score (nSPS) is 10.3. The number of nitrogens with one attached hydrogen (secondary N) is 2. The average Bonchev–Trinajstić information content (AvgIpc) is 2.47. The summed E-state index contributed by atoms with van der Waals surface area (Å²) in [6, 6.07) is 15.0. The van der Waals surface area contributed by atoms with Crippen LogP contribution in [0.5, 0.6) is 5.75 Å². The Kier molecular flexibility index (Phi) is 4.82. The number of carbonyl (C=O) groups excluding carboxylic acids is 1. The molecule has 1 amide bonds. The van der Waals surface area contributed by atoms with Gasteiger partial charge in [-0.1, -0.05) is 18.2 Å². The van der Waals surface area contributed by atoms with Gasteiger partial charge < -0.3 is 15.4 Å². The highest BCUT2D eigenvalue weighted by Gasteiger charge is 2.12. The molecule has 0 saturated heterocycles. The fraction of sp³-hybridized carbons (Fsp3) is 0.235. The summed E-state index contributed by atoms with van der Waals surface area (Å²) in [7, 11) is 1.60. The van der Waals surface area contributed by atoms with Gasteiger partial charge in [-0.3, -0.25) is 4.79 Å². The van der Waals surface area contributed by atoms with Gasteiger partial charge in [0.2, 0.25) is 0 Å². The summed E-state index contributed by atoms with van der Waals surface area (Å²) < 4.78 is 5.15. The second-order valence-electron chi connectivity index (χ2n) is 5.03. The van der Waals surface area contributed by atoms with E-state index in [9.17, 15) is 4.79 Å². The molecule has 110 valence electrons. The lowest BCUT2D eigenvalue weighted by molar-refractivity contribution is 0.102. The molecular weight excluding hydrogens is 264 g/mol. The zero-order valence-electron chi connectivity index (χ0n) is 12.5. The predicted molar refractivity (Wildman–Crippen MR) is 86.1 cm³/mol. The molecule has 21 heavy (non-hydrogen) atoms. The van der Waals surface area contributed by atoms with E-state index in [1.165, 1.54) is 0 Å². The Hall–Kier alpha value is -2.49. The van der Waals surface area contributed by atoms with Crippen molar-refractivity contribution in [2.45, 2.75) is 19.9 Å². The van der Waals surface area contributed by atoms with Crippen molar-refractivity contribution in [3.63, 3.8) is 0 Å². The predicted octanol–water partition coefficient (Wildman–Crippen LogP) is 3.77. The van der Waals surface area contributed by atoms with Gasteiger partial charge in [-0.25, -0.2) is 0 Å². The lowest BCUT2D eigenvalue weighted by Crippen LogP contribution is -2.17. The maximum atomic E-state index is 12.4. The Bertz CT molecular complexity index is 624. The third kappa shape index (κ3) is 3.99.